The van der Waals surface area contributed by atoms with Crippen molar-refractivity contribution >= 4 is 27.5 Å². The molecule has 0 bridgehead atoms. The average molecular weight is 318 g/mol. The molecule has 0 saturated carbocycles. The molecule has 1 aromatic rings. The van der Waals surface area contributed by atoms with Crippen molar-refractivity contribution in [3.63, 3.8) is 0 Å². The molecule has 114 valence electrons. The van der Waals surface area contributed by atoms with Gasteiger partial charge < -0.3 is 10.5 Å². The van der Waals surface area contributed by atoms with Gasteiger partial charge in [-0.1, -0.05) is 0 Å². The number of nitrogens with two attached hydrogens (primary N) is 1. The number of thioether (sulfide) groups is 1. The first-order valence-electron chi connectivity index (χ1n) is 6.40. The largest absolute Gasteiger partial charge is 0.399 e. The van der Waals surface area contributed by atoms with Crippen LogP contribution in [0, 0.1) is 0 Å². The lowest BCUT2D eigenvalue weighted by molar-refractivity contribution is 0.188. The summed E-state index contributed by atoms with van der Waals surface area (Å²) in [6.45, 7) is 2.38. The summed E-state index contributed by atoms with van der Waals surface area (Å²) in [4.78, 5) is 1.02. The molecule has 0 aromatic heterocycles. The van der Waals surface area contributed by atoms with Crippen molar-refractivity contribution < 1.29 is 13.2 Å². The second kappa shape index (κ2) is 8.51. The quantitative estimate of drug-likeness (QED) is 0.535. The van der Waals surface area contributed by atoms with Crippen molar-refractivity contribution in [1.29, 1.82) is 0 Å². The van der Waals surface area contributed by atoms with Gasteiger partial charge >= 0.3 is 0 Å². The third-order valence-corrected chi connectivity index (χ3v) is 5.41. The molecular weight excluding hydrogens is 296 g/mol. The lowest BCUT2D eigenvalue weighted by Gasteiger charge is -2.13. The first kappa shape index (κ1) is 17.3. The van der Waals surface area contributed by atoms with Gasteiger partial charge in [0.25, 0.3) is 0 Å². The third-order valence-electron chi connectivity index (χ3n) is 2.64. The van der Waals surface area contributed by atoms with Crippen molar-refractivity contribution in [3.8, 4) is 0 Å². The third kappa shape index (κ3) is 7.14. The van der Waals surface area contributed by atoms with Gasteiger partial charge in [0.2, 0.25) is 10.0 Å². The van der Waals surface area contributed by atoms with Crippen LogP contribution in [0.1, 0.15) is 13.3 Å². The molecular formula is C13H22N2O3S2. The van der Waals surface area contributed by atoms with Gasteiger partial charge in [0, 0.05) is 36.1 Å². The molecule has 0 aliphatic carbocycles. The smallest absolute Gasteiger partial charge is 0.212 e. The van der Waals surface area contributed by atoms with Gasteiger partial charge in [-0.25, -0.2) is 13.1 Å². The van der Waals surface area contributed by atoms with E-state index in [9.17, 15) is 8.42 Å². The van der Waals surface area contributed by atoms with E-state index < -0.39 is 10.0 Å². The summed E-state index contributed by atoms with van der Waals surface area (Å²) in [7, 11) is -1.64. The number of benzene rings is 1. The van der Waals surface area contributed by atoms with Crippen molar-refractivity contribution in [3.05, 3.63) is 24.3 Å². The van der Waals surface area contributed by atoms with Crippen LogP contribution in [0.3, 0.4) is 0 Å². The fourth-order valence-corrected chi connectivity index (χ4v) is 4.18. The van der Waals surface area contributed by atoms with Crippen LogP contribution in [0.2, 0.25) is 0 Å². The summed E-state index contributed by atoms with van der Waals surface area (Å²) >= 11 is 1.50. The van der Waals surface area contributed by atoms with Crippen LogP contribution in [0.4, 0.5) is 5.69 Å². The van der Waals surface area contributed by atoms with Crippen LogP contribution < -0.4 is 10.5 Å². The highest BCUT2D eigenvalue weighted by Crippen LogP contribution is 2.19. The number of hydrogen-bond donors (Lipinski definition) is 2. The lowest BCUT2D eigenvalue weighted by Crippen LogP contribution is -2.35. The van der Waals surface area contributed by atoms with E-state index in [2.05, 4.69) is 4.72 Å². The summed E-state index contributed by atoms with van der Waals surface area (Å²) in [5.74, 6) is 0.607. The molecule has 5 nitrogen and oxygen atoms in total. The Balaban J connectivity index is 2.34. The Labute approximate surface area is 125 Å². The molecule has 20 heavy (non-hydrogen) atoms. The number of anilines is 1. The van der Waals surface area contributed by atoms with E-state index in [0.717, 1.165) is 4.90 Å². The van der Waals surface area contributed by atoms with Crippen molar-refractivity contribution in [2.75, 3.05) is 31.0 Å². The molecule has 0 aliphatic rings. The maximum Gasteiger partial charge on any atom is 0.212 e. The van der Waals surface area contributed by atoms with Crippen LogP contribution in [0.25, 0.3) is 0 Å². The summed E-state index contributed by atoms with van der Waals surface area (Å²) < 4.78 is 31.3. The van der Waals surface area contributed by atoms with Crippen LogP contribution in [0.5, 0.6) is 0 Å². The second-order valence-electron chi connectivity index (χ2n) is 4.54. The van der Waals surface area contributed by atoms with Crippen LogP contribution in [0.15, 0.2) is 29.2 Å². The van der Waals surface area contributed by atoms with Gasteiger partial charge in [0.05, 0.1) is 5.75 Å². The molecule has 0 spiro atoms. The Morgan fingerprint density at radius 1 is 1.35 bits per heavy atom. The van der Waals surface area contributed by atoms with Gasteiger partial charge in [0.1, 0.15) is 0 Å². The van der Waals surface area contributed by atoms with Gasteiger partial charge in [-0.3, -0.25) is 0 Å². The van der Waals surface area contributed by atoms with E-state index in [-0.39, 0.29) is 11.8 Å². The van der Waals surface area contributed by atoms with Crippen molar-refractivity contribution in [1.82, 2.24) is 4.72 Å². The van der Waals surface area contributed by atoms with Crippen molar-refractivity contribution in [2.45, 2.75) is 24.3 Å². The molecule has 1 atom stereocenters. The number of hydrogen-bond acceptors (Lipinski definition) is 5. The van der Waals surface area contributed by atoms with E-state index >= 15 is 0 Å². The molecule has 0 heterocycles. The summed E-state index contributed by atoms with van der Waals surface area (Å²) in [6, 6.07) is 7.29. The summed E-state index contributed by atoms with van der Waals surface area (Å²) in [5, 5.41) is 0. The normalized spacial score (nSPS) is 13.3. The number of methoxy groups -OCH3 is 1. The van der Waals surface area contributed by atoms with Gasteiger partial charge in [-0.05, 0) is 37.6 Å². The summed E-state index contributed by atoms with van der Waals surface area (Å²) in [5.41, 5.74) is 6.30. The van der Waals surface area contributed by atoms with Crippen LogP contribution in [-0.2, 0) is 14.8 Å². The van der Waals surface area contributed by atoms with Crippen LogP contribution in [-0.4, -0.2) is 39.7 Å². The molecule has 0 fully saturated rings. The minimum atomic E-state index is -3.24. The Morgan fingerprint density at radius 2 is 2.00 bits per heavy atom. The zero-order chi connectivity index (χ0) is 15.0. The van der Waals surface area contributed by atoms with Crippen molar-refractivity contribution in [2.24, 2.45) is 0 Å². The van der Waals surface area contributed by atoms with Crippen LogP contribution >= 0.6 is 11.8 Å². The highest BCUT2D eigenvalue weighted by atomic mass is 32.2. The predicted octanol–water partition coefficient (Wildman–Crippen LogP) is 1.71. The molecule has 1 rings (SSSR count). The van der Waals surface area contributed by atoms with E-state index in [1.807, 2.05) is 31.2 Å². The molecule has 0 saturated heterocycles. The maximum atomic E-state index is 11.9. The van der Waals surface area contributed by atoms with E-state index in [1.165, 1.54) is 11.8 Å². The molecule has 1 unspecified atom stereocenters. The molecule has 3 N–H and O–H groups in total. The van der Waals surface area contributed by atoms with E-state index in [4.69, 9.17) is 10.5 Å². The Morgan fingerprint density at radius 3 is 2.60 bits per heavy atom. The highest BCUT2D eigenvalue weighted by Gasteiger charge is 2.14. The average Bonchev–Trinajstić information content (AvgIpc) is 2.38. The molecule has 0 aliphatic heterocycles. The topological polar surface area (TPSA) is 81.4 Å². The Hall–Kier alpha value is -0.760. The summed E-state index contributed by atoms with van der Waals surface area (Å²) in [6.07, 6.45) is 0.667. The minimum Gasteiger partial charge on any atom is -0.399 e. The zero-order valence-corrected chi connectivity index (χ0v) is 13.5. The minimum absolute atomic E-state index is 0.0966. The predicted molar refractivity (Wildman–Crippen MR) is 84.5 cm³/mol. The maximum absolute atomic E-state index is 11.9. The zero-order valence-electron chi connectivity index (χ0n) is 11.8. The van der Waals surface area contributed by atoms with Gasteiger partial charge in [-0.2, -0.15) is 0 Å². The Bertz CT molecular complexity index is 489. The Kier molecular flexibility index (Phi) is 7.36. The number of rotatable bonds is 9. The second-order valence-corrected chi connectivity index (χ2v) is 7.58. The number of ether oxygens (including phenoxy) is 1. The fourth-order valence-electron chi connectivity index (χ4n) is 1.55. The van der Waals surface area contributed by atoms with E-state index in [0.29, 0.717) is 24.5 Å². The number of sulfonamides is 1. The lowest BCUT2D eigenvalue weighted by atomic mass is 10.3. The SMILES string of the molecule is COCCC(C)NS(=O)(=O)CCSc1ccc(N)cc1. The molecule has 7 heteroatoms. The number of nitrogen functional groups attached to an aromatic ring is 1. The first-order valence-corrected chi connectivity index (χ1v) is 9.04. The molecule has 0 amide bonds. The monoisotopic (exact) mass is 318 g/mol. The molecule has 0 radical (unpaired) electrons. The van der Waals surface area contributed by atoms with E-state index in [1.54, 1.807) is 7.11 Å². The standard InChI is InChI=1S/C13H22N2O3S2/c1-11(7-8-18-2)15-20(16,17)10-9-19-13-5-3-12(14)4-6-13/h3-6,11,15H,7-10,14H2,1-2H3. The van der Waals surface area contributed by atoms with Gasteiger partial charge in [-0.15, -0.1) is 11.8 Å². The fraction of sp³-hybridized carbons (Fsp3) is 0.538. The molecule has 1 aromatic carbocycles. The van der Waals surface area contributed by atoms with Gasteiger partial charge in [0.15, 0.2) is 0 Å². The number of nitrogens with one attached hydrogen (secondary N) is 1. The first-order chi connectivity index (χ1) is 9.43. The highest BCUT2D eigenvalue weighted by molar-refractivity contribution is 8.00.